The standard InChI is InChI=1S/C12H30N2O5P2S2/c1-11(2,18-20(13)15)5-7-22-9-10-23-8-6-12(3,4)19-21(14,16)17/h15H,5-10,13H2,1-4H3,(H3,14,16,17). The van der Waals surface area contributed by atoms with E-state index in [0.717, 1.165) is 29.4 Å². The Morgan fingerprint density at radius 1 is 1.04 bits per heavy atom. The van der Waals surface area contributed by atoms with Crippen LogP contribution >= 0.6 is 39.8 Å². The molecule has 2 unspecified atom stereocenters. The molecule has 0 aliphatic rings. The zero-order valence-electron chi connectivity index (χ0n) is 14.2. The Hall–Kier alpha value is 1.12. The van der Waals surface area contributed by atoms with Crippen LogP contribution in [-0.2, 0) is 13.6 Å². The van der Waals surface area contributed by atoms with Gasteiger partial charge >= 0.3 is 7.75 Å². The summed E-state index contributed by atoms with van der Waals surface area (Å²) in [6.45, 7) is 7.35. The zero-order valence-corrected chi connectivity index (χ0v) is 17.6. The molecule has 0 bridgehead atoms. The Kier molecular flexibility index (Phi) is 11.5. The van der Waals surface area contributed by atoms with Crippen molar-refractivity contribution < 1.29 is 23.4 Å². The SMILES string of the molecule is CC(C)(CCSCCSCCC(C)(C)OP(N)(=O)O)OP(N)O. The summed E-state index contributed by atoms with van der Waals surface area (Å²) in [6.07, 6.45) is 1.48. The molecule has 2 atom stereocenters. The molecule has 0 aromatic carbocycles. The van der Waals surface area contributed by atoms with Crippen molar-refractivity contribution >= 4 is 39.8 Å². The van der Waals surface area contributed by atoms with E-state index < -0.39 is 27.5 Å². The second-order valence-electron chi connectivity index (χ2n) is 6.29. The third-order valence-electron chi connectivity index (χ3n) is 2.79. The highest BCUT2D eigenvalue weighted by molar-refractivity contribution is 8.02. The minimum absolute atomic E-state index is 0.406. The van der Waals surface area contributed by atoms with Gasteiger partial charge in [-0.25, -0.2) is 10.1 Å². The fraction of sp³-hybridized carbons (Fsp3) is 1.00. The molecular formula is C12H30N2O5P2S2. The van der Waals surface area contributed by atoms with Gasteiger partial charge in [-0.3, -0.25) is 10.0 Å². The lowest BCUT2D eigenvalue weighted by molar-refractivity contribution is 0.0898. The molecule has 0 heterocycles. The predicted octanol–water partition coefficient (Wildman–Crippen LogP) is 3.06. The molecule has 23 heavy (non-hydrogen) atoms. The van der Waals surface area contributed by atoms with E-state index >= 15 is 0 Å². The topological polar surface area (TPSA) is 128 Å². The monoisotopic (exact) mass is 408 g/mol. The molecule has 140 valence electrons. The molecule has 0 saturated carbocycles. The molecule has 0 aromatic rings. The van der Waals surface area contributed by atoms with Crippen LogP contribution in [0.25, 0.3) is 0 Å². The lowest BCUT2D eigenvalue weighted by atomic mass is 10.1. The molecule has 7 nitrogen and oxygen atoms in total. The van der Waals surface area contributed by atoms with Crippen LogP contribution in [-0.4, -0.2) is 44.0 Å². The van der Waals surface area contributed by atoms with Crippen molar-refractivity contribution in [1.82, 2.24) is 0 Å². The lowest BCUT2D eigenvalue weighted by Crippen LogP contribution is -2.25. The van der Waals surface area contributed by atoms with Gasteiger partial charge in [-0.05, 0) is 52.0 Å². The fourth-order valence-electron chi connectivity index (χ4n) is 1.66. The van der Waals surface area contributed by atoms with Gasteiger partial charge in [0.25, 0.3) is 8.53 Å². The van der Waals surface area contributed by atoms with Gasteiger partial charge < -0.3 is 14.3 Å². The van der Waals surface area contributed by atoms with Gasteiger partial charge in [-0.2, -0.15) is 23.5 Å². The summed E-state index contributed by atoms with van der Waals surface area (Å²) < 4.78 is 21.3. The van der Waals surface area contributed by atoms with Gasteiger partial charge in [0.1, 0.15) is 0 Å². The Bertz CT molecular complexity index is 380. The number of hydrogen-bond donors (Lipinski definition) is 4. The summed E-state index contributed by atoms with van der Waals surface area (Å²) in [6, 6.07) is 0. The second kappa shape index (κ2) is 11.0. The zero-order chi connectivity index (χ0) is 18.1. The highest BCUT2D eigenvalue weighted by Gasteiger charge is 2.27. The van der Waals surface area contributed by atoms with Crippen LogP contribution in [0.3, 0.4) is 0 Å². The number of hydrogen-bond acceptors (Lipinski definition) is 7. The summed E-state index contributed by atoms with van der Waals surface area (Å²) in [5, 5.41) is 0. The van der Waals surface area contributed by atoms with Crippen molar-refractivity contribution in [3.8, 4) is 0 Å². The molecule has 6 N–H and O–H groups in total. The summed E-state index contributed by atoms with van der Waals surface area (Å²) in [7, 11) is -5.75. The fourth-order valence-corrected chi connectivity index (χ4v) is 5.68. The largest absolute Gasteiger partial charge is 0.400 e. The second-order valence-corrected chi connectivity index (χ2v) is 10.8. The average Bonchev–Trinajstić information content (AvgIpc) is 2.27. The van der Waals surface area contributed by atoms with Crippen molar-refractivity contribution in [3.05, 3.63) is 0 Å². The Morgan fingerprint density at radius 2 is 1.48 bits per heavy atom. The smallest absolute Gasteiger partial charge is 0.338 e. The van der Waals surface area contributed by atoms with E-state index in [2.05, 4.69) is 0 Å². The Balaban J connectivity index is 3.66. The van der Waals surface area contributed by atoms with Crippen molar-refractivity contribution in [1.29, 1.82) is 0 Å². The van der Waals surface area contributed by atoms with Crippen LogP contribution in [0.4, 0.5) is 0 Å². The molecule has 0 aliphatic carbocycles. The predicted molar refractivity (Wildman–Crippen MR) is 102 cm³/mol. The number of rotatable bonds is 13. The van der Waals surface area contributed by atoms with E-state index in [-0.39, 0.29) is 0 Å². The van der Waals surface area contributed by atoms with Gasteiger partial charge in [0.05, 0.1) is 11.2 Å². The minimum Gasteiger partial charge on any atom is -0.338 e. The van der Waals surface area contributed by atoms with Crippen LogP contribution in [0.15, 0.2) is 0 Å². The van der Waals surface area contributed by atoms with E-state index in [4.69, 9.17) is 29.8 Å². The maximum Gasteiger partial charge on any atom is 0.400 e. The van der Waals surface area contributed by atoms with Crippen molar-refractivity contribution in [3.63, 3.8) is 0 Å². The lowest BCUT2D eigenvalue weighted by Gasteiger charge is -2.26. The third kappa shape index (κ3) is 16.3. The first-order valence-corrected chi connectivity index (χ1v) is 12.5. The molecule has 0 spiro atoms. The van der Waals surface area contributed by atoms with Gasteiger partial charge in [-0.1, -0.05) is 0 Å². The molecule has 0 rings (SSSR count). The van der Waals surface area contributed by atoms with Crippen LogP contribution < -0.4 is 11.0 Å². The summed E-state index contributed by atoms with van der Waals surface area (Å²) in [5.41, 5.74) is 9.18. The Morgan fingerprint density at radius 3 is 1.87 bits per heavy atom. The van der Waals surface area contributed by atoms with Crippen molar-refractivity contribution in [2.24, 2.45) is 11.0 Å². The molecule has 0 amide bonds. The van der Waals surface area contributed by atoms with Gasteiger partial charge in [0.15, 0.2) is 0 Å². The first kappa shape index (κ1) is 24.1. The molecule has 0 aromatic heterocycles. The van der Waals surface area contributed by atoms with Crippen LogP contribution in [0.2, 0.25) is 0 Å². The quantitative estimate of drug-likeness (QED) is 0.268. The van der Waals surface area contributed by atoms with Gasteiger partial charge in [0, 0.05) is 11.5 Å². The molecule has 0 saturated heterocycles. The van der Waals surface area contributed by atoms with E-state index in [9.17, 15) is 4.57 Å². The van der Waals surface area contributed by atoms with Crippen LogP contribution in [0, 0.1) is 0 Å². The van der Waals surface area contributed by atoms with E-state index in [1.807, 2.05) is 25.6 Å². The van der Waals surface area contributed by atoms with E-state index in [1.165, 1.54) is 0 Å². The average molecular weight is 408 g/mol. The molecule has 0 aliphatic heterocycles. The van der Waals surface area contributed by atoms with Crippen molar-refractivity contribution in [2.45, 2.75) is 51.7 Å². The Labute approximate surface area is 149 Å². The van der Waals surface area contributed by atoms with Gasteiger partial charge in [0.2, 0.25) is 0 Å². The maximum atomic E-state index is 11.1. The van der Waals surface area contributed by atoms with Gasteiger partial charge in [-0.15, -0.1) is 0 Å². The van der Waals surface area contributed by atoms with Crippen molar-refractivity contribution in [2.75, 3.05) is 23.0 Å². The normalized spacial score (nSPS) is 17.0. The summed E-state index contributed by atoms with van der Waals surface area (Å²) in [4.78, 5) is 18.1. The maximum absolute atomic E-state index is 11.1. The first-order valence-electron chi connectivity index (χ1n) is 7.23. The van der Waals surface area contributed by atoms with Crippen LogP contribution in [0.1, 0.15) is 40.5 Å². The van der Waals surface area contributed by atoms with E-state index in [0.29, 0.717) is 6.42 Å². The first-order chi connectivity index (χ1) is 10.3. The minimum atomic E-state index is -3.93. The highest BCUT2D eigenvalue weighted by atomic mass is 32.2. The summed E-state index contributed by atoms with van der Waals surface area (Å²) in [5.74, 6) is 3.77. The summed E-state index contributed by atoms with van der Waals surface area (Å²) >= 11 is 3.60. The molecule has 0 fully saturated rings. The highest BCUT2D eigenvalue weighted by Crippen LogP contribution is 2.39. The van der Waals surface area contributed by atoms with Crippen LogP contribution in [0.5, 0.6) is 0 Å². The van der Waals surface area contributed by atoms with E-state index in [1.54, 1.807) is 25.6 Å². The number of thioether (sulfide) groups is 2. The molecular weight excluding hydrogens is 378 g/mol. The number of nitrogens with two attached hydrogens (primary N) is 2. The molecule has 11 heteroatoms. The molecule has 0 radical (unpaired) electrons. The third-order valence-corrected chi connectivity index (χ3v) is 6.45.